The molecule has 0 saturated carbocycles. The van der Waals surface area contributed by atoms with E-state index in [1.165, 1.54) is 4.90 Å². The van der Waals surface area contributed by atoms with Crippen LogP contribution in [0.4, 0.5) is 0 Å². The van der Waals surface area contributed by atoms with Gasteiger partial charge < -0.3 is 10.2 Å². The van der Waals surface area contributed by atoms with Crippen LogP contribution in [0.3, 0.4) is 0 Å². The Morgan fingerprint density at radius 1 is 1.57 bits per heavy atom. The van der Waals surface area contributed by atoms with Crippen molar-refractivity contribution in [1.82, 2.24) is 15.6 Å². The lowest BCUT2D eigenvalue weighted by Crippen LogP contribution is -2.50. The van der Waals surface area contributed by atoms with Crippen LogP contribution in [-0.2, 0) is 4.79 Å². The Morgan fingerprint density at radius 2 is 2.14 bits per heavy atom. The number of hydrogen-bond donors (Lipinski definition) is 3. The van der Waals surface area contributed by atoms with Crippen molar-refractivity contribution in [3.63, 3.8) is 0 Å². The van der Waals surface area contributed by atoms with Crippen LogP contribution in [0.25, 0.3) is 0 Å². The summed E-state index contributed by atoms with van der Waals surface area (Å²) in [7, 11) is 3.40. The summed E-state index contributed by atoms with van der Waals surface area (Å²) in [6.07, 6.45) is 0. The number of aliphatic imine (C=N–C) groups is 1. The number of hydrogen-bond acceptors (Lipinski definition) is 3. The molecule has 0 fully saturated rings. The average Bonchev–Trinajstić information content (AvgIpc) is 2.15. The number of amides is 1. The molecule has 0 aliphatic carbocycles. The van der Waals surface area contributed by atoms with Crippen molar-refractivity contribution < 1.29 is 4.79 Å². The molecule has 82 valence electrons. The number of hydrazine groups is 1. The molecule has 4 N–H and O–H groups in total. The fraction of sp³-hybridized carbons (Fsp3) is 0.750. The van der Waals surface area contributed by atoms with Gasteiger partial charge in [0.15, 0.2) is 0 Å². The minimum atomic E-state index is -0.341. The van der Waals surface area contributed by atoms with Crippen molar-refractivity contribution >= 4 is 11.9 Å². The molecule has 6 heteroatoms. The summed E-state index contributed by atoms with van der Waals surface area (Å²) in [6.45, 7) is 4.25. The maximum Gasteiger partial charge on any atom is 0.244 e. The molecule has 0 radical (unpaired) electrons. The van der Waals surface area contributed by atoms with Crippen LogP contribution >= 0.6 is 0 Å². The van der Waals surface area contributed by atoms with E-state index in [1.807, 2.05) is 6.92 Å². The highest BCUT2D eigenvalue weighted by atomic mass is 16.2. The predicted molar refractivity (Wildman–Crippen MR) is 56.6 cm³/mol. The van der Waals surface area contributed by atoms with E-state index in [9.17, 15) is 4.79 Å². The molecular weight excluding hydrogens is 182 g/mol. The van der Waals surface area contributed by atoms with E-state index in [0.717, 1.165) is 0 Å². The number of rotatable bonds is 3. The molecule has 0 rings (SSSR count). The van der Waals surface area contributed by atoms with Gasteiger partial charge in [0.1, 0.15) is 6.04 Å². The molecule has 6 nitrogen and oxygen atoms in total. The zero-order valence-electron chi connectivity index (χ0n) is 9.16. The lowest BCUT2D eigenvalue weighted by atomic mass is 10.3. The third kappa shape index (κ3) is 4.08. The van der Waals surface area contributed by atoms with Crippen LogP contribution in [0.2, 0.25) is 0 Å². The molecule has 0 bridgehead atoms. The summed E-state index contributed by atoms with van der Waals surface area (Å²) in [6, 6.07) is -0.341. The zero-order chi connectivity index (χ0) is 11.1. The van der Waals surface area contributed by atoms with Gasteiger partial charge in [0.25, 0.3) is 0 Å². The lowest BCUT2D eigenvalue weighted by Gasteiger charge is -2.19. The Bertz CT molecular complexity index is 214. The third-order valence-electron chi connectivity index (χ3n) is 1.62. The molecule has 1 unspecified atom stereocenters. The Labute approximate surface area is 84.5 Å². The van der Waals surface area contributed by atoms with Crippen LogP contribution in [-0.4, -0.2) is 43.4 Å². The molecule has 0 aromatic carbocycles. The van der Waals surface area contributed by atoms with Crippen LogP contribution in [0.15, 0.2) is 4.99 Å². The first-order chi connectivity index (χ1) is 6.52. The Hall–Kier alpha value is -1.30. The molecule has 0 heterocycles. The van der Waals surface area contributed by atoms with E-state index in [4.69, 9.17) is 5.84 Å². The summed E-state index contributed by atoms with van der Waals surface area (Å²) in [4.78, 5) is 17.0. The smallest absolute Gasteiger partial charge is 0.244 e. The first kappa shape index (κ1) is 12.7. The molecular formula is C8H19N5O. The number of nitrogens with one attached hydrogen (secondary N) is 2. The fourth-order valence-corrected chi connectivity index (χ4v) is 0.945. The van der Waals surface area contributed by atoms with Gasteiger partial charge in [-0.3, -0.25) is 15.2 Å². The number of nitrogens with zero attached hydrogens (tertiary/aromatic N) is 2. The summed E-state index contributed by atoms with van der Waals surface area (Å²) in [5.74, 6) is 5.62. The minimum Gasteiger partial charge on any atom is -0.347 e. The monoisotopic (exact) mass is 201 g/mol. The largest absolute Gasteiger partial charge is 0.347 e. The molecule has 14 heavy (non-hydrogen) atoms. The number of carbonyl (C=O) groups is 1. The van der Waals surface area contributed by atoms with Gasteiger partial charge in [0.05, 0.1) is 0 Å². The Kier molecular flexibility index (Phi) is 5.62. The van der Waals surface area contributed by atoms with Crippen LogP contribution in [0.1, 0.15) is 13.8 Å². The first-order valence-electron chi connectivity index (χ1n) is 4.51. The van der Waals surface area contributed by atoms with Crippen molar-refractivity contribution in [1.29, 1.82) is 0 Å². The van der Waals surface area contributed by atoms with Gasteiger partial charge in [-0.05, 0) is 13.8 Å². The SMILES string of the molecule is CCN=C(NN)NC(C)C(=O)N(C)C. The Morgan fingerprint density at radius 3 is 2.50 bits per heavy atom. The standard InChI is InChI=1S/C8H19N5O/c1-5-10-8(12-9)11-6(2)7(14)13(3)4/h6H,5,9H2,1-4H3,(H2,10,11,12). The molecule has 1 amide bonds. The summed E-state index contributed by atoms with van der Waals surface area (Å²) >= 11 is 0. The van der Waals surface area contributed by atoms with Gasteiger partial charge in [-0.15, -0.1) is 0 Å². The molecule has 0 aromatic heterocycles. The maximum absolute atomic E-state index is 11.4. The highest BCUT2D eigenvalue weighted by Gasteiger charge is 2.15. The van der Waals surface area contributed by atoms with E-state index < -0.39 is 0 Å². The van der Waals surface area contributed by atoms with E-state index in [0.29, 0.717) is 12.5 Å². The van der Waals surface area contributed by atoms with Crippen LogP contribution in [0, 0.1) is 0 Å². The summed E-state index contributed by atoms with van der Waals surface area (Å²) < 4.78 is 0. The second-order valence-corrected chi connectivity index (χ2v) is 3.07. The number of nitrogens with two attached hydrogens (primary N) is 1. The highest BCUT2D eigenvalue weighted by Crippen LogP contribution is 1.88. The van der Waals surface area contributed by atoms with E-state index in [1.54, 1.807) is 21.0 Å². The van der Waals surface area contributed by atoms with Gasteiger partial charge in [-0.25, -0.2) is 5.84 Å². The number of guanidine groups is 1. The highest BCUT2D eigenvalue weighted by molar-refractivity contribution is 5.88. The van der Waals surface area contributed by atoms with Crippen molar-refractivity contribution in [3.8, 4) is 0 Å². The van der Waals surface area contributed by atoms with E-state index in [-0.39, 0.29) is 11.9 Å². The zero-order valence-corrected chi connectivity index (χ0v) is 9.16. The van der Waals surface area contributed by atoms with Gasteiger partial charge in [0.2, 0.25) is 11.9 Å². The molecule has 0 saturated heterocycles. The van der Waals surface area contributed by atoms with Crippen LogP contribution < -0.4 is 16.6 Å². The second-order valence-electron chi connectivity index (χ2n) is 3.07. The summed E-state index contributed by atoms with van der Waals surface area (Å²) in [5.41, 5.74) is 2.40. The van der Waals surface area contributed by atoms with Gasteiger partial charge in [0, 0.05) is 20.6 Å². The third-order valence-corrected chi connectivity index (χ3v) is 1.62. The quantitative estimate of drug-likeness (QED) is 0.234. The number of likely N-dealkylation sites (N-methyl/N-ethyl adjacent to an activating group) is 1. The van der Waals surface area contributed by atoms with Crippen molar-refractivity contribution in [2.24, 2.45) is 10.8 Å². The normalized spacial score (nSPS) is 13.4. The average molecular weight is 201 g/mol. The van der Waals surface area contributed by atoms with Crippen molar-refractivity contribution in [2.45, 2.75) is 19.9 Å². The van der Waals surface area contributed by atoms with Crippen LogP contribution in [0.5, 0.6) is 0 Å². The molecule has 0 aromatic rings. The van der Waals surface area contributed by atoms with E-state index in [2.05, 4.69) is 15.7 Å². The van der Waals surface area contributed by atoms with E-state index >= 15 is 0 Å². The topological polar surface area (TPSA) is 82.7 Å². The Balaban J connectivity index is 4.22. The second kappa shape index (κ2) is 6.20. The first-order valence-corrected chi connectivity index (χ1v) is 4.51. The lowest BCUT2D eigenvalue weighted by molar-refractivity contribution is -0.130. The van der Waals surface area contributed by atoms with Crippen molar-refractivity contribution in [3.05, 3.63) is 0 Å². The van der Waals surface area contributed by atoms with Gasteiger partial charge in [-0.2, -0.15) is 0 Å². The van der Waals surface area contributed by atoms with Crippen molar-refractivity contribution in [2.75, 3.05) is 20.6 Å². The van der Waals surface area contributed by atoms with Gasteiger partial charge >= 0.3 is 0 Å². The van der Waals surface area contributed by atoms with Gasteiger partial charge in [-0.1, -0.05) is 0 Å². The maximum atomic E-state index is 11.4. The molecule has 1 atom stereocenters. The number of carbonyl (C=O) groups excluding carboxylic acids is 1. The molecule has 0 aliphatic heterocycles. The molecule has 0 spiro atoms. The molecule has 0 aliphatic rings. The predicted octanol–water partition coefficient (Wildman–Crippen LogP) is -1.11. The summed E-state index contributed by atoms with van der Waals surface area (Å²) in [5, 5.41) is 2.87. The fourth-order valence-electron chi connectivity index (χ4n) is 0.945. The minimum absolute atomic E-state index is 0.0240.